The van der Waals surface area contributed by atoms with Crippen LogP contribution in [0.15, 0.2) is 30.3 Å². The van der Waals surface area contributed by atoms with Crippen LogP contribution in [0.1, 0.15) is 27.7 Å². The normalized spacial score (nSPS) is 9.89. The summed E-state index contributed by atoms with van der Waals surface area (Å²) in [5, 5.41) is 11.7. The van der Waals surface area contributed by atoms with Gasteiger partial charge < -0.3 is 19.5 Å². The molecule has 0 aliphatic rings. The van der Waals surface area contributed by atoms with Crippen molar-refractivity contribution in [3.05, 3.63) is 46.3 Å². The number of rotatable bonds is 8. The summed E-state index contributed by atoms with van der Waals surface area (Å²) < 4.78 is 15.0. The van der Waals surface area contributed by atoms with E-state index >= 15 is 0 Å². The van der Waals surface area contributed by atoms with Gasteiger partial charge in [-0.1, -0.05) is 0 Å². The Bertz CT molecular complexity index is 898. The summed E-state index contributed by atoms with van der Waals surface area (Å²) in [6, 6.07) is 9.84. The maximum absolute atomic E-state index is 11.9. The molecule has 0 atom stereocenters. The van der Waals surface area contributed by atoms with Crippen molar-refractivity contribution in [2.75, 3.05) is 25.1 Å². The van der Waals surface area contributed by atoms with E-state index in [4.69, 9.17) is 19.5 Å². The first kappa shape index (κ1) is 20.9. The molecule has 0 unspecified atom stereocenters. The summed E-state index contributed by atoms with van der Waals surface area (Å²) in [6.45, 7) is 2.85. The van der Waals surface area contributed by atoms with Gasteiger partial charge in [-0.05, 0) is 49.7 Å². The Balaban J connectivity index is 1.77. The first-order valence-electron chi connectivity index (χ1n) is 8.29. The van der Waals surface area contributed by atoms with Crippen LogP contribution in [0.2, 0.25) is 0 Å². The number of nitriles is 1. The Hall–Kier alpha value is -3.38. The molecule has 1 aromatic heterocycles. The number of esters is 2. The lowest BCUT2D eigenvalue weighted by Gasteiger charge is -2.07. The average Bonchev–Trinajstić information content (AvgIpc) is 3.05. The van der Waals surface area contributed by atoms with E-state index in [0.717, 1.165) is 11.3 Å². The van der Waals surface area contributed by atoms with Gasteiger partial charge in [0, 0.05) is 0 Å². The highest BCUT2D eigenvalue weighted by Crippen LogP contribution is 2.27. The van der Waals surface area contributed by atoms with Gasteiger partial charge >= 0.3 is 11.9 Å². The van der Waals surface area contributed by atoms with E-state index in [0.29, 0.717) is 26.8 Å². The molecule has 0 aliphatic heterocycles. The van der Waals surface area contributed by atoms with Gasteiger partial charge in [-0.25, -0.2) is 9.59 Å². The second kappa shape index (κ2) is 10.1. The molecule has 8 nitrogen and oxygen atoms in total. The van der Waals surface area contributed by atoms with Crippen molar-refractivity contribution in [2.45, 2.75) is 13.8 Å². The van der Waals surface area contributed by atoms with Gasteiger partial charge in [0.05, 0.1) is 23.2 Å². The van der Waals surface area contributed by atoms with E-state index < -0.39 is 24.5 Å². The molecule has 9 heteroatoms. The minimum Gasteiger partial charge on any atom is -0.482 e. The third-order valence-electron chi connectivity index (χ3n) is 3.35. The molecule has 0 saturated heterocycles. The number of nitrogens with one attached hydrogen (secondary N) is 1. The van der Waals surface area contributed by atoms with Crippen LogP contribution in [0, 0.1) is 18.3 Å². The minimum atomic E-state index is -0.714. The van der Waals surface area contributed by atoms with Gasteiger partial charge in [0.25, 0.3) is 5.91 Å². The smallest absolute Gasteiger partial charge is 0.348 e. The molecule has 146 valence electrons. The maximum Gasteiger partial charge on any atom is 0.348 e. The molecule has 28 heavy (non-hydrogen) atoms. The monoisotopic (exact) mass is 402 g/mol. The number of amides is 1. The SMILES string of the molecule is CCOC(=O)c1sc(NC(=O)COC(=O)COc2ccc(C#N)cc2)cc1C. The lowest BCUT2D eigenvalue weighted by atomic mass is 10.2. The zero-order valence-electron chi connectivity index (χ0n) is 15.3. The second-order valence-electron chi connectivity index (χ2n) is 5.48. The number of hydrogen-bond donors (Lipinski definition) is 1. The highest BCUT2D eigenvalue weighted by Gasteiger charge is 2.16. The topological polar surface area (TPSA) is 115 Å². The molecule has 1 heterocycles. The molecule has 1 amide bonds. The largest absolute Gasteiger partial charge is 0.482 e. The standard InChI is InChI=1S/C19H18N2O6S/c1-3-25-19(24)18-12(2)8-16(28-18)21-15(22)10-27-17(23)11-26-14-6-4-13(9-20)5-7-14/h4-8H,3,10-11H2,1-2H3,(H,21,22). The number of benzene rings is 1. The van der Waals surface area contributed by atoms with E-state index in [1.165, 1.54) is 0 Å². The van der Waals surface area contributed by atoms with E-state index in [1.54, 1.807) is 44.2 Å². The number of carbonyl (C=O) groups is 3. The first-order valence-corrected chi connectivity index (χ1v) is 9.10. The van der Waals surface area contributed by atoms with Crippen LogP contribution in [0.3, 0.4) is 0 Å². The fourth-order valence-electron chi connectivity index (χ4n) is 2.07. The van der Waals surface area contributed by atoms with Crippen molar-refractivity contribution in [1.29, 1.82) is 5.26 Å². The van der Waals surface area contributed by atoms with Crippen LogP contribution in [-0.4, -0.2) is 37.7 Å². The Labute approximate surface area is 165 Å². The number of carbonyl (C=O) groups excluding carboxylic acids is 3. The van der Waals surface area contributed by atoms with Crippen molar-refractivity contribution in [3.8, 4) is 11.8 Å². The number of nitrogens with zero attached hydrogens (tertiary/aromatic N) is 1. The third kappa shape index (κ3) is 6.10. The van der Waals surface area contributed by atoms with E-state index in [9.17, 15) is 14.4 Å². The van der Waals surface area contributed by atoms with Crippen molar-refractivity contribution < 1.29 is 28.6 Å². The molecule has 0 radical (unpaired) electrons. The number of aryl methyl sites for hydroxylation is 1. The summed E-state index contributed by atoms with van der Waals surface area (Å²) in [6.07, 6.45) is 0. The van der Waals surface area contributed by atoms with Gasteiger partial charge in [0.15, 0.2) is 13.2 Å². The van der Waals surface area contributed by atoms with Crippen LogP contribution in [0.25, 0.3) is 0 Å². The predicted molar refractivity (Wildman–Crippen MR) is 101 cm³/mol. The summed E-state index contributed by atoms with van der Waals surface area (Å²) >= 11 is 1.09. The molecule has 2 rings (SSSR count). The molecule has 0 fully saturated rings. The fourth-order valence-corrected chi connectivity index (χ4v) is 3.05. The molecule has 0 aliphatic carbocycles. The van der Waals surface area contributed by atoms with E-state index in [1.807, 2.05) is 6.07 Å². The fraction of sp³-hybridized carbons (Fsp3) is 0.263. The third-order valence-corrected chi connectivity index (χ3v) is 4.48. The zero-order chi connectivity index (χ0) is 20.5. The number of thiophene rings is 1. The molecule has 0 saturated carbocycles. The van der Waals surface area contributed by atoms with Crippen LogP contribution < -0.4 is 10.1 Å². The van der Waals surface area contributed by atoms with E-state index in [-0.39, 0.29) is 13.2 Å². The van der Waals surface area contributed by atoms with Gasteiger partial charge in [-0.15, -0.1) is 11.3 Å². The summed E-state index contributed by atoms with van der Waals surface area (Å²) in [5.41, 5.74) is 1.16. The zero-order valence-corrected chi connectivity index (χ0v) is 16.1. The van der Waals surface area contributed by atoms with Crippen LogP contribution in [0.5, 0.6) is 5.75 Å². The number of hydrogen-bond acceptors (Lipinski definition) is 8. The number of ether oxygens (including phenoxy) is 3. The quantitative estimate of drug-likeness (QED) is 0.675. The van der Waals surface area contributed by atoms with E-state index in [2.05, 4.69) is 5.32 Å². The minimum absolute atomic E-state index is 0.262. The maximum atomic E-state index is 11.9. The molecule has 0 spiro atoms. The molecular formula is C19H18N2O6S. The highest BCUT2D eigenvalue weighted by molar-refractivity contribution is 7.18. The molecule has 0 bridgehead atoms. The molecular weight excluding hydrogens is 384 g/mol. The average molecular weight is 402 g/mol. The van der Waals surface area contributed by atoms with Crippen LogP contribution in [0.4, 0.5) is 5.00 Å². The summed E-state index contributed by atoms with van der Waals surface area (Å²) in [5.74, 6) is -1.30. The predicted octanol–water partition coefficient (Wildman–Crippen LogP) is 2.67. The van der Waals surface area contributed by atoms with Crippen molar-refractivity contribution in [3.63, 3.8) is 0 Å². The Morgan fingerprint density at radius 1 is 1.14 bits per heavy atom. The lowest BCUT2D eigenvalue weighted by molar-refractivity contribution is -0.149. The lowest BCUT2D eigenvalue weighted by Crippen LogP contribution is -2.23. The summed E-state index contributed by atoms with van der Waals surface area (Å²) in [7, 11) is 0. The Kier molecular flexibility index (Phi) is 7.54. The Morgan fingerprint density at radius 3 is 2.50 bits per heavy atom. The van der Waals surface area contributed by atoms with Crippen molar-refractivity contribution in [1.82, 2.24) is 0 Å². The first-order chi connectivity index (χ1) is 13.4. The van der Waals surface area contributed by atoms with Crippen LogP contribution in [-0.2, 0) is 19.1 Å². The molecule has 1 N–H and O–H groups in total. The van der Waals surface area contributed by atoms with Gasteiger partial charge in [-0.3, -0.25) is 4.79 Å². The Morgan fingerprint density at radius 2 is 1.86 bits per heavy atom. The van der Waals surface area contributed by atoms with Crippen molar-refractivity contribution >= 4 is 34.2 Å². The second-order valence-corrected chi connectivity index (χ2v) is 6.53. The van der Waals surface area contributed by atoms with Gasteiger partial charge in [0.2, 0.25) is 0 Å². The van der Waals surface area contributed by atoms with Crippen LogP contribution >= 0.6 is 11.3 Å². The summed E-state index contributed by atoms with van der Waals surface area (Å²) in [4.78, 5) is 35.8. The molecule has 2 aromatic rings. The number of anilines is 1. The van der Waals surface area contributed by atoms with Crippen molar-refractivity contribution in [2.24, 2.45) is 0 Å². The van der Waals surface area contributed by atoms with Gasteiger partial charge in [-0.2, -0.15) is 5.26 Å². The highest BCUT2D eigenvalue weighted by atomic mass is 32.1. The molecule has 1 aromatic carbocycles. The van der Waals surface area contributed by atoms with Gasteiger partial charge in [0.1, 0.15) is 10.6 Å².